The minimum absolute atomic E-state index is 0.101. The molecule has 1 atom stereocenters. The topological polar surface area (TPSA) is 21.6 Å². The first-order chi connectivity index (χ1) is 16.5. The fourth-order valence-corrected chi connectivity index (χ4v) is 9.14. The van der Waals surface area contributed by atoms with Crippen LogP contribution in [0, 0.1) is 0 Å². The van der Waals surface area contributed by atoms with Gasteiger partial charge in [-0.1, -0.05) is 142 Å². The van der Waals surface area contributed by atoms with Gasteiger partial charge >= 0.3 is 0 Å². The first-order valence-electron chi connectivity index (χ1n) is 11.9. The average molecular weight is 464 g/mol. The van der Waals surface area contributed by atoms with Crippen LogP contribution in [0.25, 0.3) is 0 Å². The first kappa shape index (κ1) is 23.9. The number of hydrogen-bond acceptors (Lipinski definition) is 2. The van der Waals surface area contributed by atoms with Crippen LogP contribution in [-0.2, 0) is 11.0 Å². The second-order valence-electron chi connectivity index (χ2n) is 9.59. The largest absolute Gasteiger partial charge is 0.395 e. The highest BCUT2D eigenvalue weighted by Crippen LogP contribution is 2.39. The molecule has 4 rings (SSSR count). The third-order valence-corrected chi connectivity index (χ3v) is 11.2. The second kappa shape index (κ2) is 10.8. The Morgan fingerprint density at radius 2 is 1.12 bits per heavy atom. The highest BCUT2D eigenvalue weighted by molar-refractivity contribution is 6.99. The lowest BCUT2D eigenvalue weighted by atomic mass is 10.1. The van der Waals surface area contributed by atoms with Gasteiger partial charge in [-0.05, 0) is 26.5 Å². The van der Waals surface area contributed by atoms with Gasteiger partial charge in [0.05, 0.1) is 6.54 Å². The van der Waals surface area contributed by atoms with Crippen LogP contribution < -0.4 is 10.4 Å². The molecule has 0 amide bonds. The summed E-state index contributed by atoms with van der Waals surface area (Å²) in [6.07, 6.45) is 1.75. The van der Waals surface area contributed by atoms with Crippen LogP contribution in [0.5, 0.6) is 0 Å². The molecule has 0 aromatic heterocycles. The fourth-order valence-electron chi connectivity index (χ4n) is 4.55. The summed E-state index contributed by atoms with van der Waals surface area (Å²) in [7, 11) is -2.72. The molecule has 34 heavy (non-hydrogen) atoms. The molecule has 0 unspecified atom stereocenters. The maximum Gasteiger partial charge on any atom is 0.262 e. The molecule has 0 heterocycles. The summed E-state index contributed by atoms with van der Waals surface area (Å²) >= 11 is 0. The smallest absolute Gasteiger partial charge is 0.262 e. The molecule has 0 N–H and O–H groups in total. The van der Waals surface area contributed by atoms with E-state index in [1.54, 1.807) is 0 Å². The lowest BCUT2D eigenvalue weighted by Gasteiger charge is -2.44. The van der Waals surface area contributed by atoms with Crippen LogP contribution in [0.4, 0.5) is 0 Å². The summed E-state index contributed by atoms with van der Waals surface area (Å²) in [5, 5.41) is 2.44. The van der Waals surface area contributed by atoms with Gasteiger partial charge in [-0.25, -0.2) is 0 Å². The standard InChI is InChI=1S/C31H33NOSi/c1-31(2,3)34(28-20-12-6-13-21-28,29-22-14-7-15-23-29)33-30(27-18-10-5-11-19-27)25-32-24-26-16-8-4-9-17-26/h4-23,25,30H,24H2,1-3H3/t30-/m0/s1. The second-order valence-corrected chi connectivity index (χ2v) is 13.8. The molecular formula is C31H33NOSi. The van der Waals surface area contributed by atoms with Crippen molar-refractivity contribution in [2.24, 2.45) is 4.99 Å². The van der Waals surface area contributed by atoms with Crippen LogP contribution in [0.2, 0.25) is 5.04 Å². The van der Waals surface area contributed by atoms with E-state index < -0.39 is 8.32 Å². The molecular weight excluding hydrogens is 430 g/mol. The van der Waals surface area contributed by atoms with Gasteiger partial charge in [0.2, 0.25) is 0 Å². The summed E-state index contributed by atoms with van der Waals surface area (Å²) in [4.78, 5) is 4.84. The van der Waals surface area contributed by atoms with Crippen molar-refractivity contribution < 1.29 is 4.43 Å². The average Bonchev–Trinajstić information content (AvgIpc) is 2.87. The maximum absolute atomic E-state index is 7.39. The molecule has 0 saturated heterocycles. The fraction of sp³-hybridized carbons (Fsp3) is 0.194. The highest BCUT2D eigenvalue weighted by atomic mass is 28.4. The predicted octanol–water partition coefficient (Wildman–Crippen LogP) is 6.58. The van der Waals surface area contributed by atoms with Crippen LogP contribution in [0.1, 0.15) is 38.0 Å². The van der Waals surface area contributed by atoms with Crippen molar-refractivity contribution in [2.75, 3.05) is 0 Å². The summed E-state index contributed by atoms with van der Waals surface area (Å²) < 4.78 is 7.39. The number of rotatable bonds is 8. The molecule has 0 aliphatic rings. The molecule has 0 saturated carbocycles. The number of nitrogens with zero attached hydrogens (tertiary/aromatic N) is 1. The van der Waals surface area contributed by atoms with Gasteiger partial charge in [0.15, 0.2) is 0 Å². The van der Waals surface area contributed by atoms with E-state index in [1.165, 1.54) is 15.9 Å². The Hall–Kier alpha value is -3.27. The molecule has 0 aliphatic heterocycles. The Kier molecular flexibility index (Phi) is 7.56. The molecule has 4 aromatic rings. The Morgan fingerprint density at radius 3 is 1.59 bits per heavy atom. The highest BCUT2D eigenvalue weighted by Gasteiger charge is 2.51. The molecule has 0 fully saturated rings. The molecule has 0 spiro atoms. The van der Waals surface area contributed by atoms with E-state index in [4.69, 9.17) is 9.42 Å². The summed E-state index contributed by atoms with van der Waals surface area (Å²) in [5.74, 6) is 0. The van der Waals surface area contributed by atoms with Crippen molar-refractivity contribution in [1.82, 2.24) is 0 Å². The lowest BCUT2D eigenvalue weighted by Crippen LogP contribution is -2.67. The van der Waals surface area contributed by atoms with Gasteiger partial charge in [0.1, 0.15) is 6.10 Å². The van der Waals surface area contributed by atoms with Crippen molar-refractivity contribution in [3.63, 3.8) is 0 Å². The van der Waals surface area contributed by atoms with Crippen molar-refractivity contribution in [3.05, 3.63) is 132 Å². The van der Waals surface area contributed by atoms with Gasteiger partial charge in [-0.15, -0.1) is 0 Å². The zero-order valence-corrected chi connectivity index (χ0v) is 21.3. The Labute approximate surface area is 205 Å². The van der Waals surface area contributed by atoms with Crippen molar-refractivity contribution in [2.45, 2.75) is 38.5 Å². The van der Waals surface area contributed by atoms with E-state index in [0.717, 1.165) is 5.56 Å². The zero-order valence-electron chi connectivity index (χ0n) is 20.3. The first-order valence-corrected chi connectivity index (χ1v) is 13.8. The van der Waals surface area contributed by atoms with Gasteiger partial charge in [0, 0.05) is 6.21 Å². The summed E-state index contributed by atoms with van der Waals surface area (Å²) in [6, 6.07) is 42.4. The summed E-state index contributed by atoms with van der Waals surface area (Å²) in [5.41, 5.74) is 2.31. The van der Waals surface area contributed by atoms with E-state index in [2.05, 4.69) is 130 Å². The van der Waals surface area contributed by atoms with E-state index in [9.17, 15) is 0 Å². The molecule has 0 aliphatic carbocycles. The number of benzene rings is 4. The molecule has 0 bridgehead atoms. The van der Waals surface area contributed by atoms with Crippen LogP contribution in [0.3, 0.4) is 0 Å². The molecule has 172 valence electrons. The molecule has 4 aromatic carbocycles. The van der Waals surface area contributed by atoms with E-state index in [-0.39, 0.29) is 11.1 Å². The van der Waals surface area contributed by atoms with Gasteiger partial charge in [-0.2, -0.15) is 0 Å². The number of aliphatic imine (C=N–C) groups is 1. The zero-order chi connectivity index (χ0) is 23.9. The monoisotopic (exact) mass is 463 g/mol. The third kappa shape index (κ3) is 5.27. The van der Waals surface area contributed by atoms with Crippen molar-refractivity contribution in [1.29, 1.82) is 0 Å². The Balaban J connectivity index is 1.82. The van der Waals surface area contributed by atoms with Crippen LogP contribution in [-0.4, -0.2) is 14.5 Å². The lowest BCUT2D eigenvalue weighted by molar-refractivity contribution is 0.259. The van der Waals surface area contributed by atoms with Gasteiger partial charge < -0.3 is 4.43 Å². The normalized spacial score (nSPS) is 13.1. The van der Waals surface area contributed by atoms with E-state index >= 15 is 0 Å². The predicted molar refractivity (Wildman–Crippen MR) is 147 cm³/mol. The SMILES string of the molecule is CC(C)(C)[Si](O[C@@H](C=NCc1ccccc1)c1ccccc1)(c1ccccc1)c1ccccc1. The van der Waals surface area contributed by atoms with Crippen LogP contribution >= 0.6 is 0 Å². The molecule has 3 heteroatoms. The van der Waals surface area contributed by atoms with Crippen LogP contribution in [0.15, 0.2) is 126 Å². The Morgan fingerprint density at radius 1 is 0.676 bits per heavy atom. The maximum atomic E-state index is 7.39. The number of hydrogen-bond donors (Lipinski definition) is 0. The Bertz CT molecular complexity index is 1130. The minimum atomic E-state index is -2.72. The van der Waals surface area contributed by atoms with Gasteiger partial charge in [-0.3, -0.25) is 4.99 Å². The van der Waals surface area contributed by atoms with Gasteiger partial charge in [0.25, 0.3) is 8.32 Å². The third-order valence-electron chi connectivity index (χ3n) is 6.21. The van der Waals surface area contributed by atoms with Crippen molar-refractivity contribution in [3.8, 4) is 0 Å². The summed E-state index contributed by atoms with van der Waals surface area (Å²) in [6.45, 7) is 7.56. The minimum Gasteiger partial charge on any atom is -0.395 e. The van der Waals surface area contributed by atoms with Crippen molar-refractivity contribution >= 4 is 24.9 Å². The quantitative estimate of drug-likeness (QED) is 0.214. The van der Waals surface area contributed by atoms with E-state index in [0.29, 0.717) is 6.54 Å². The molecule has 0 radical (unpaired) electrons. The molecule has 2 nitrogen and oxygen atoms in total. The van der Waals surface area contributed by atoms with E-state index in [1.807, 2.05) is 18.3 Å².